The predicted octanol–water partition coefficient (Wildman–Crippen LogP) is 3.54. The molecule has 0 aliphatic carbocycles. The van der Waals surface area contributed by atoms with Crippen LogP contribution in [0, 0.1) is 0 Å². The van der Waals surface area contributed by atoms with Crippen molar-refractivity contribution >= 4 is 11.1 Å². The highest BCUT2D eigenvalue weighted by molar-refractivity contribution is 5.75. The van der Waals surface area contributed by atoms with Gasteiger partial charge in [0.15, 0.2) is 5.58 Å². The van der Waals surface area contributed by atoms with Gasteiger partial charge < -0.3 is 9.32 Å². The molecule has 24 heavy (non-hydrogen) atoms. The first-order valence-corrected chi connectivity index (χ1v) is 8.67. The number of aromatic nitrogens is 1. The number of H-pyrrole nitrogens is 1. The first kappa shape index (κ1) is 15.2. The highest BCUT2D eigenvalue weighted by Gasteiger charge is 2.20. The number of rotatable bonds is 4. The van der Waals surface area contributed by atoms with E-state index in [2.05, 4.69) is 46.3 Å². The quantitative estimate of drug-likeness (QED) is 0.799. The second kappa shape index (κ2) is 6.65. The molecule has 0 atom stereocenters. The van der Waals surface area contributed by atoms with E-state index in [0.717, 1.165) is 37.1 Å². The fourth-order valence-electron chi connectivity index (χ4n) is 3.73. The third-order valence-corrected chi connectivity index (χ3v) is 5.10. The number of likely N-dealkylation sites (tertiary alicyclic amines) is 1. The Kier molecular flexibility index (Phi) is 4.22. The van der Waals surface area contributed by atoms with Crippen LogP contribution in [0.1, 0.15) is 29.9 Å². The van der Waals surface area contributed by atoms with Gasteiger partial charge in [-0.3, -0.25) is 4.98 Å². The molecule has 4 heteroatoms. The summed E-state index contributed by atoms with van der Waals surface area (Å²) in [7, 11) is 0. The molecule has 1 aliphatic rings. The van der Waals surface area contributed by atoms with Crippen molar-refractivity contribution in [2.24, 2.45) is 0 Å². The van der Waals surface area contributed by atoms with Gasteiger partial charge in [-0.1, -0.05) is 42.5 Å². The Morgan fingerprint density at radius 2 is 1.83 bits per heavy atom. The van der Waals surface area contributed by atoms with Gasteiger partial charge in [-0.05, 0) is 55.5 Å². The number of aromatic amines is 1. The molecule has 0 unspecified atom stereocenters. The Bertz CT molecular complexity index is 858. The van der Waals surface area contributed by atoms with Gasteiger partial charge in [0.1, 0.15) is 0 Å². The number of para-hydroxylation sites is 1. The molecule has 1 saturated heterocycles. The maximum atomic E-state index is 11.4. The maximum absolute atomic E-state index is 11.4. The number of fused-ring (bicyclic) bond motifs is 1. The van der Waals surface area contributed by atoms with Crippen LogP contribution in [0.15, 0.2) is 57.7 Å². The van der Waals surface area contributed by atoms with E-state index in [9.17, 15) is 4.79 Å². The van der Waals surface area contributed by atoms with Crippen LogP contribution < -0.4 is 5.76 Å². The van der Waals surface area contributed by atoms with Crippen LogP contribution in [0.2, 0.25) is 0 Å². The SMILES string of the molecule is O=c1[nH]c2c(CCN3CCC(c4ccccc4)CC3)cccc2o1. The summed E-state index contributed by atoms with van der Waals surface area (Å²) in [6, 6.07) is 16.7. The summed E-state index contributed by atoms with van der Waals surface area (Å²) in [5.41, 5.74) is 4.13. The molecule has 0 radical (unpaired) electrons. The molecule has 1 N–H and O–H groups in total. The molecule has 0 bridgehead atoms. The third kappa shape index (κ3) is 3.15. The minimum absolute atomic E-state index is 0.374. The van der Waals surface area contributed by atoms with Gasteiger partial charge in [-0.15, -0.1) is 0 Å². The summed E-state index contributed by atoms with van der Waals surface area (Å²) in [4.78, 5) is 16.7. The van der Waals surface area contributed by atoms with E-state index in [1.54, 1.807) is 0 Å². The molecular weight excluding hydrogens is 300 g/mol. The summed E-state index contributed by atoms with van der Waals surface area (Å²) in [5.74, 6) is 0.317. The Balaban J connectivity index is 1.36. The van der Waals surface area contributed by atoms with Gasteiger partial charge >= 0.3 is 5.76 Å². The topological polar surface area (TPSA) is 49.2 Å². The van der Waals surface area contributed by atoms with E-state index in [-0.39, 0.29) is 5.76 Å². The second-order valence-corrected chi connectivity index (χ2v) is 6.58. The number of nitrogens with one attached hydrogen (secondary N) is 1. The Hall–Kier alpha value is -2.33. The lowest BCUT2D eigenvalue weighted by Gasteiger charge is -2.32. The van der Waals surface area contributed by atoms with Gasteiger partial charge in [0.05, 0.1) is 5.52 Å². The minimum atomic E-state index is -0.374. The fraction of sp³-hybridized carbons (Fsp3) is 0.350. The molecule has 1 fully saturated rings. The van der Waals surface area contributed by atoms with Crippen molar-refractivity contribution in [3.05, 3.63) is 70.2 Å². The van der Waals surface area contributed by atoms with Crippen LogP contribution in [0.25, 0.3) is 11.1 Å². The van der Waals surface area contributed by atoms with Crippen LogP contribution in [0.3, 0.4) is 0 Å². The molecule has 1 aromatic heterocycles. The van der Waals surface area contributed by atoms with Gasteiger partial charge in [0, 0.05) is 6.54 Å². The fourth-order valence-corrected chi connectivity index (χ4v) is 3.73. The Morgan fingerprint density at radius 3 is 2.62 bits per heavy atom. The molecule has 2 heterocycles. The summed E-state index contributed by atoms with van der Waals surface area (Å²) in [6.45, 7) is 3.29. The van der Waals surface area contributed by atoms with Crippen LogP contribution in [0.5, 0.6) is 0 Å². The first-order chi connectivity index (χ1) is 11.8. The van der Waals surface area contributed by atoms with Crippen molar-refractivity contribution < 1.29 is 4.42 Å². The molecule has 4 rings (SSSR count). The summed E-state index contributed by atoms with van der Waals surface area (Å²) in [5, 5.41) is 0. The van der Waals surface area contributed by atoms with Crippen molar-refractivity contribution in [1.29, 1.82) is 0 Å². The summed E-state index contributed by atoms with van der Waals surface area (Å²) in [6.07, 6.45) is 3.37. The largest absolute Gasteiger partial charge is 0.417 e. The number of hydrogen-bond donors (Lipinski definition) is 1. The number of piperidine rings is 1. The lowest BCUT2D eigenvalue weighted by Crippen LogP contribution is -2.34. The lowest BCUT2D eigenvalue weighted by atomic mass is 9.89. The maximum Gasteiger partial charge on any atom is 0.417 e. The molecule has 3 aromatic rings. The minimum Gasteiger partial charge on any atom is -0.408 e. The van der Waals surface area contributed by atoms with E-state index in [0.29, 0.717) is 11.5 Å². The average molecular weight is 322 g/mol. The van der Waals surface area contributed by atoms with Crippen molar-refractivity contribution in [3.8, 4) is 0 Å². The zero-order chi connectivity index (χ0) is 16.4. The zero-order valence-corrected chi connectivity index (χ0v) is 13.7. The summed E-state index contributed by atoms with van der Waals surface area (Å²) >= 11 is 0. The lowest BCUT2D eigenvalue weighted by molar-refractivity contribution is 0.215. The normalized spacial score (nSPS) is 16.7. The van der Waals surface area contributed by atoms with E-state index in [4.69, 9.17) is 4.42 Å². The van der Waals surface area contributed by atoms with Crippen molar-refractivity contribution in [3.63, 3.8) is 0 Å². The zero-order valence-electron chi connectivity index (χ0n) is 13.7. The molecule has 2 aromatic carbocycles. The molecule has 0 spiro atoms. The van der Waals surface area contributed by atoms with Gasteiger partial charge in [0.25, 0.3) is 0 Å². The van der Waals surface area contributed by atoms with Crippen LogP contribution >= 0.6 is 0 Å². The predicted molar refractivity (Wildman–Crippen MR) is 95.4 cm³/mol. The molecule has 1 aliphatic heterocycles. The van der Waals surface area contributed by atoms with Crippen LogP contribution in [-0.4, -0.2) is 29.5 Å². The van der Waals surface area contributed by atoms with Gasteiger partial charge in [-0.25, -0.2) is 4.79 Å². The Labute approximate surface area is 141 Å². The highest BCUT2D eigenvalue weighted by atomic mass is 16.4. The standard InChI is InChI=1S/C20H22N2O2/c23-20-21-19-17(7-4-8-18(19)24-20)11-14-22-12-9-16(10-13-22)15-5-2-1-3-6-15/h1-8,16H,9-14H2,(H,21,23). The van der Waals surface area contributed by atoms with Crippen LogP contribution in [-0.2, 0) is 6.42 Å². The number of hydrogen-bond acceptors (Lipinski definition) is 3. The van der Waals surface area contributed by atoms with E-state index in [1.807, 2.05) is 12.1 Å². The number of oxazole rings is 1. The van der Waals surface area contributed by atoms with Crippen LogP contribution in [0.4, 0.5) is 0 Å². The average Bonchev–Trinajstić information content (AvgIpc) is 3.02. The highest BCUT2D eigenvalue weighted by Crippen LogP contribution is 2.28. The molecule has 4 nitrogen and oxygen atoms in total. The van der Waals surface area contributed by atoms with E-state index < -0.39 is 0 Å². The van der Waals surface area contributed by atoms with Crippen molar-refractivity contribution in [2.45, 2.75) is 25.2 Å². The van der Waals surface area contributed by atoms with E-state index in [1.165, 1.54) is 18.4 Å². The Morgan fingerprint density at radius 1 is 1.04 bits per heavy atom. The monoisotopic (exact) mass is 322 g/mol. The van der Waals surface area contributed by atoms with Crippen molar-refractivity contribution in [2.75, 3.05) is 19.6 Å². The molecular formula is C20H22N2O2. The summed E-state index contributed by atoms with van der Waals surface area (Å²) < 4.78 is 5.14. The third-order valence-electron chi connectivity index (χ3n) is 5.10. The molecule has 0 saturated carbocycles. The number of nitrogens with zero attached hydrogens (tertiary/aromatic N) is 1. The molecule has 0 amide bonds. The molecule has 124 valence electrons. The number of benzene rings is 2. The first-order valence-electron chi connectivity index (χ1n) is 8.67. The van der Waals surface area contributed by atoms with Gasteiger partial charge in [-0.2, -0.15) is 0 Å². The second-order valence-electron chi connectivity index (χ2n) is 6.58. The van der Waals surface area contributed by atoms with Crippen molar-refractivity contribution in [1.82, 2.24) is 9.88 Å². The van der Waals surface area contributed by atoms with E-state index >= 15 is 0 Å². The smallest absolute Gasteiger partial charge is 0.408 e. The van der Waals surface area contributed by atoms with Gasteiger partial charge in [0.2, 0.25) is 0 Å².